The van der Waals surface area contributed by atoms with Crippen LogP contribution in [0.2, 0.25) is 0 Å². The fourth-order valence-corrected chi connectivity index (χ4v) is 4.44. The van der Waals surface area contributed by atoms with E-state index in [-0.39, 0.29) is 75.3 Å². The smallest absolute Gasteiger partial charge is 0.310 e. The Morgan fingerprint density at radius 3 is 1.00 bits per heavy atom. The van der Waals surface area contributed by atoms with Gasteiger partial charge in [0.25, 0.3) is 0 Å². The van der Waals surface area contributed by atoms with Crippen LogP contribution in [-0.2, 0) is 62.1 Å². The van der Waals surface area contributed by atoms with E-state index in [9.17, 15) is 14.4 Å². The van der Waals surface area contributed by atoms with Crippen LogP contribution >= 0.6 is 0 Å². The molecule has 0 aromatic heterocycles. The van der Waals surface area contributed by atoms with Crippen molar-refractivity contribution in [2.45, 2.75) is 37.6 Å². The first kappa shape index (κ1) is 28.9. The number of benzene rings is 3. The molecule has 224 valence electrons. The first-order valence-electron chi connectivity index (χ1n) is 14.4. The SMILES string of the molecule is O=C(Cc1ccc(N(c2ccc(CC(=O)OCC3CO3)cc2)c2ccc(CC(=O)OC[C@H]3CO3)cc2)cc1)OCC1CO1. The number of carbonyl (C=O) groups is 3. The number of hydrogen-bond donors (Lipinski definition) is 0. The van der Waals surface area contributed by atoms with E-state index in [0.29, 0.717) is 19.8 Å². The van der Waals surface area contributed by atoms with Crippen molar-refractivity contribution in [3.8, 4) is 0 Å². The van der Waals surface area contributed by atoms with Crippen LogP contribution in [-0.4, -0.2) is 75.9 Å². The minimum Gasteiger partial charge on any atom is -0.463 e. The summed E-state index contributed by atoms with van der Waals surface area (Å²) in [6.07, 6.45) is 0.600. The van der Waals surface area contributed by atoms with Crippen molar-refractivity contribution >= 4 is 35.0 Å². The monoisotopic (exact) mass is 587 g/mol. The molecule has 3 aliphatic rings. The van der Waals surface area contributed by atoms with E-state index in [4.69, 9.17) is 28.4 Å². The van der Waals surface area contributed by atoms with Crippen molar-refractivity contribution in [3.05, 3.63) is 89.5 Å². The van der Waals surface area contributed by atoms with Gasteiger partial charge in [-0.15, -0.1) is 0 Å². The molecule has 6 rings (SSSR count). The highest BCUT2D eigenvalue weighted by atomic mass is 16.6. The molecule has 3 aromatic rings. The summed E-state index contributed by atoms with van der Waals surface area (Å²) in [5, 5.41) is 0. The van der Waals surface area contributed by atoms with Crippen LogP contribution in [0.1, 0.15) is 16.7 Å². The Balaban J connectivity index is 1.16. The molecule has 43 heavy (non-hydrogen) atoms. The zero-order chi connectivity index (χ0) is 29.6. The Morgan fingerprint density at radius 1 is 0.512 bits per heavy atom. The Morgan fingerprint density at radius 2 is 0.767 bits per heavy atom. The summed E-state index contributed by atoms with van der Waals surface area (Å²) in [6.45, 7) is 2.78. The lowest BCUT2D eigenvalue weighted by molar-refractivity contribution is -0.144. The second-order valence-corrected chi connectivity index (χ2v) is 10.8. The highest BCUT2D eigenvalue weighted by Gasteiger charge is 2.26. The number of ether oxygens (including phenoxy) is 6. The maximum Gasteiger partial charge on any atom is 0.310 e. The van der Waals surface area contributed by atoms with E-state index in [0.717, 1.165) is 33.8 Å². The van der Waals surface area contributed by atoms with Crippen molar-refractivity contribution < 1.29 is 42.8 Å². The number of carbonyl (C=O) groups excluding carboxylic acids is 3. The van der Waals surface area contributed by atoms with Crippen LogP contribution in [0.3, 0.4) is 0 Å². The van der Waals surface area contributed by atoms with E-state index in [2.05, 4.69) is 4.90 Å². The Labute approximate surface area is 249 Å². The van der Waals surface area contributed by atoms with Gasteiger partial charge in [0.15, 0.2) is 0 Å². The molecule has 0 saturated carbocycles. The van der Waals surface area contributed by atoms with Crippen LogP contribution in [0, 0.1) is 0 Å². The molecule has 10 heteroatoms. The fraction of sp³-hybridized carbons (Fsp3) is 0.364. The third-order valence-corrected chi connectivity index (χ3v) is 7.13. The summed E-state index contributed by atoms with van der Waals surface area (Å²) in [5.74, 6) is -0.882. The zero-order valence-electron chi connectivity index (χ0n) is 23.6. The molecular weight excluding hydrogens is 554 g/mol. The summed E-state index contributed by atoms with van der Waals surface area (Å²) >= 11 is 0. The summed E-state index contributed by atoms with van der Waals surface area (Å²) in [4.78, 5) is 38.7. The van der Waals surface area contributed by atoms with Crippen molar-refractivity contribution in [1.82, 2.24) is 0 Å². The number of hydrogen-bond acceptors (Lipinski definition) is 10. The Bertz CT molecular complexity index is 1240. The first-order chi connectivity index (χ1) is 21.0. The largest absolute Gasteiger partial charge is 0.463 e. The van der Waals surface area contributed by atoms with Crippen molar-refractivity contribution in [1.29, 1.82) is 0 Å². The van der Waals surface area contributed by atoms with E-state index in [1.54, 1.807) is 0 Å². The highest BCUT2D eigenvalue weighted by molar-refractivity contribution is 5.79. The average Bonchev–Trinajstić information content (AvgIpc) is 3.87. The second kappa shape index (κ2) is 13.4. The van der Waals surface area contributed by atoms with Gasteiger partial charge in [-0.05, 0) is 53.1 Å². The number of esters is 3. The predicted octanol–water partition coefficient (Wildman–Crippen LogP) is 3.61. The number of rotatable bonds is 15. The van der Waals surface area contributed by atoms with Gasteiger partial charge < -0.3 is 33.3 Å². The predicted molar refractivity (Wildman–Crippen MR) is 154 cm³/mol. The minimum atomic E-state index is -0.294. The number of epoxide rings is 3. The van der Waals surface area contributed by atoms with Gasteiger partial charge in [0, 0.05) is 17.1 Å². The number of anilines is 3. The lowest BCUT2D eigenvalue weighted by Gasteiger charge is -2.26. The lowest BCUT2D eigenvalue weighted by Crippen LogP contribution is -2.14. The van der Waals surface area contributed by atoms with Crippen LogP contribution in [0.4, 0.5) is 17.1 Å². The fourth-order valence-electron chi connectivity index (χ4n) is 4.44. The molecule has 0 bridgehead atoms. The average molecular weight is 588 g/mol. The molecule has 3 heterocycles. The summed E-state index contributed by atoms with van der Waals surface area (Å²) in [7, 11) is 0. The van der Waals surface area contributed by atoms with E-state index < -0.39 is 0 Å². The molecule has 3 atom stereocenters. The number of nitrogens with zero attached hydrogens (tertiary/aromatic N) is 1. The molecule has 3 fully saturated rings. The van der Waals surface area contributed by atoms with Gasteiger partial charge in [0.2, 0.25) is 0 Å². The van der Waals surface area contributed by atoms with Gasteiger partial charge in [-0.25, -0.2) is 0 Å². The molecule has 3 aliphatic heterocycles. The molecule has 0 amide bonds. The van der Waals surface area contributed by atoms with E-state index >= 15 is 0 Å². The first-order valence-corrected chi connectivity index (χ1v) is 14.4. The van der Waals surface area contributed by atoms with Crippen LogP contribution < -0.4 is 4.90 Å². The van der Waals surface area contributed by atoms with Crippen LogP contribution in [0.5, 0.6) is 0 Å². The molecule has 2 unspecified atom stereocenters. The Hall–Kier alpha value is -4.25. The third kappa shape index (κ3) is 8.87. The highest BCUT2D eigenvalue weighted by Crippen LogP contribution is 2.35. The van der Waals surface area contributed by atoms with Gasteiger partial charge in [-0.1, -0.05) is 36.4 Å². The zero-order valence-corrected chi connectivity index (χ0v) is 23.6. The molecule has 3 saturated heterocycles. The Kier molecular flexibility index (Phi) is 8.97. The van der Waals surface area contributed by atoms with Crippen LogP contribution in [0.15, 0.2) is 72.8 Å². The van der Waals surface area contributed by atoms with Crippen LogP contribution in [0.25, 0.3) is 0 Å². The van der Waals surface area contributed by atoms with Crippen molar-refractivity contribution in [3.63, 3.8) is 0 Å². The van der Waals surface area contributed by atoms with Crippen molar-refractivity contribution in [2.24, 2.45) is 0 Å². The standard InChI is InChI=1S/C33H33NO9/c35-31(41-19-28-16-38-28)13-22-1-7-25(8-2-22)34(26-9-3-23(4-10-26)14-32(36)42-20-29-17-39-29)27-11-5-24(6-12-27)15-33(37)43-21-30-18-40-30/h1-12,28-30H,13-21H2/t28-,29?,30?/m1/s1. The molecule has 0 radical (unpaired) electrons. The molecule has 0 aliphatic carbocycles. The van der Waals surface area contributed by atoms with Gasteiger partial charge in [-0.3, -0.25) is 14.4 Å². The minimum absolute atomic E-state index is 0.0311. The van der Waals surface area contributed by atoms with Crippen molar-refractivity contribution in [2.75, 3.05) is 44.5 Å². The van der Waals surface area contributed by atoms with E-state index in [1.807, 2.05) is 72.8 Å². The van der Waals surface area contributed by atoms with Gasteiger partial charge in [0.1, 0.15) is 38.1 Å². The third-order valence-electron chi connectivity index (χ3n) is 7.13. The molecular formula is C33H33NO9. The normalized spacial score (nSPS) is 19.7. The lowest BCUT2D eigenvalue weighted by atomic mass is 10.1. The van der Waals surface area contributed by atoms with E-state index in [1.165, 1.54) is 0 Å². The maximum absolute atomic E-state index is 12.2. The van der Waals surface area contributed by atoms with Gasteiger partial charge >= 0.3 is 17.9 Å². The second-order valence-electron chi connectivity index (χ2n) is 10.8. The topological polar surface area (TPSA) is 120 Å². The van der Waals surface area contributed by atoms with Gasteiger partial charge in [0.05, 0.1) is 39.1 Å². The summed E-state index contributed by atoms with van der Waals surface area (Å²) in [6, 6.07) is 23.1. The summed E-state index contributed by atoms with van der Waals surface area (Å²) < 4.78 is 31.1. The summed E-state index contributed by atoms with van der Waals surface area (Å²) in [5.41, 5.74) is 5.12. The molecule has 0 N–H and O–H groups in total. The van der Waals surface area contributed by atoms with Gasteiger partial charge in [-0.2, -0.15) is 0 Å². The molecule has 3 aromatic carbocycles. The quantitative estimate of drug-likeness (QED) is 0.148. The maximum atomic E-state index is 12.2. The molecule has 0 spiro atoms. The molecule has 10 nitrogen and oxygen atoms in total.